The lowest BCUT2D eigenvalue weighted by Gasteiger charge is -2.32. The Morgan fingerprint density at radius 1 is 1.24 bits per heavy atom. The number of nitrogens with one attached hydrogen (secondary N) is 1. The molecule has 6 heteroatoms. The molecule has 2 aliphatic rings. The van der Waals surface area contributed by atoms with Crippen molar-refractivity contribution in [2.45, 2.75) is 50.7 Å². The van der Waals surface area contributed by atoms with Gasteiger partial charge in [-0.3, -0.25) is 14.5 Å². The van der Waals surface area contributed by atoms with E-state index in [0.717, 1.165) is 30.6 Å². The number of likely N-dealkylation sites (tertiary alicyclic amines) is 1. The highest BCUT2D eigenvalue weighted by molar-refractivity contribution is 5.80. The van der Waals surface area contributed by atoms with Crippen molar-refractivity contribution in [3.05, 3.63) is 29.8 Å². The molecule has 1 amide bonds. The number of amides is 1. The second kappa shape index (κ2) is 7.87. The molecule has 25 heavy (non-hydrogen) atoms. The molecule has 1 saturated carbocycles. The molecule has 3 unspecified atom stereocenters. The van der Waals surface area contributed by atoms with Gasteiger partial charge in [0.25, 0.3) is 0 Å². The van der Waals surface area contributed by atoms with Crippen LogP contribution in [-0.4, -0.2) is 47.6 Å². The lowest BCUT2D eigenvalue weighted by atomic mass is 9.85. The van der Waals surface area contributed by atoms with Crippen molar-refractivity contribution in [1.29, 1.82) is 0 Å². The van der Waals surface area contributed by atoms with Crippen molar-refractivity contribution in [3.8, 4) is 5.75 Å². The van der Waals surface area contributed by atoms with Crippen LogP contribution in [0.5, 0.6) is 5.75 Å². The van der Waals surface area contributed by atoms with Gasteiger partial charge in [0, 0.05) is 12.6 Å². The van der Waals surface area contributed by atoms with Gasteiger partial charge in [0.15, 0.2) is 0 Å². The number of carboxylic acids is 1. The van der Waals surface area contributed by atoms with Gasteiger partial charge in [-0.1, -0.05) is 25.0 Å². The van der Waals surface area contributed by atoms with Crippen LogP contribution >= 0.6 is 0 Å². The van der Waals surface area contributed by atoms with Crippen LogP contribution in [0.15, 0.2) is 24.3 Å². The first-order chi connectivity index (χ1) is 12.1. The first-order valence-corrected chi connectivity index (χ1v) is 8.96. The summed E-state index contributed by atoms with van der Waals surface area (Å²) in [6.07, 6.45) is 5.05. The van der Waals surface area contributed by atoms with Crippen molar-refractivity contribution in [3.63, 3.8) is 0 Å². The number of fused-ring (bicyclic) bond motifs is 1. The molecule has 0 spiro atoms. The Morgan fingerprint density at radius 3 is 2.64 bits per heavy atom. The molecule has 136 valence electrons. The van der Waals surface area contributed by atoms with Crippen LogP contribution in [0, 0.1) is 5.92 Å². The lowest BCUT2D eigenvalue weighted by Crippen LogP contribution is -2.47. The van der Waals surface area contributed by atoms with Crippen LogP contribution < -0.4 is 10.1 Å². The molecule has 3 rings (SSSR count). The largest absolute Gasteiger partial charge is 0.497 e. The Hall–Kier alpha value is -2.08. The first-order valence-electron chi connectivity index (χ1n) is 8.96. The van der Waals surface area contributed by atoms with Crippen LogP contribution in [0.4, 0.5) is 0 Å². The summed E-state index contributed by atoms with van der Waals surface area (Å²) in [6.45, 7) is 0.594. The van der Waals surface area contributed by atoms with Gasteiger partial charge in [0.1, 0.15) is 11.8 Å². The number of ether oxygens (including phenoxy) is 1. The maximum Gasteiger partial charge on any atom is 0.320 e. The fourth-order valence-corrected chi connectivity index (χ4v) is 4.19. The predicted octanol–water partition coefficient (Wildman–Crippen LogP) is 2.03. The summed E-state index contributed by atoms with van der Waals surface area (Å²) in [5.74, 6) is 0.273. The highest BCUT2D eigenvalue weighted by Gasteiger charge is 2.45. The van der Waals surface area contributed by atoms with E-state index < -0.39 is 12.0 Å². The van der Waals surface area contributed by atoms with E-state index in [1.165, 1.54) is 6.42 Å². The van der Waals surface area contributed by atoms with Gasteiger partial charge in [0.2, 0.25) is 5.91 Å². The van der Waals surface area contributed by atoms with E-state index in [0.29, 0.717) is 18.9 Å². The van der Waals surface area contributed by atoms with E-state index in [1.807, 2.05) is 29.2 Å². The van der Waals surface area contributed by atoms with Crippen molar-refractivity contribution >= 4 is 11.9 Å². The molecule has 1 aliphatic carbocycles. The van der Waals surface area contributed by atoms with Crippen LogP contribution in [-0.2, 0) is 16.1 Å². The number of hydrogen-bond acceptors (Lipinski definition) is 4. The zero-order chi connectivity index (χ0) is 17.8. The number of carbonyl (C=O) groups is 2. The number of nitrogens with zero attached hydrogens (tertiary/aromatic N) is 1. The number of benzene rings is 1. The predicted molar refractivity (Wildman–Crippen MR) is 93.3 cm³/mol. The molecular formula is C19H26N2O4. The molecule has 6 nitrogen and oxygen atoms in total. The molecule has 2 fully saturated rings. The fraction of sp³-hybridized carbons (Fsp3) is 0.579. The van der Waals surface area contributed by atoms with E-state index in [4.69, 9.17) is 4.74 Å². The summed E-state index contributed by atoms with van der Waals surface area (Å²) in [5.41, 5.74) is 0.987. The SMILES string of the molecule is COc1ccc(CNC(=O)CN2C(C(=O)O)CC3CCCCC32)cc1. The van der Waals surface area contributed by atoms with Gasteiger partial charge in [-0.05, 0) is 42.9 Å². The standard InChI is InChI=1S/C19H26N2O4/c1-25-15-8-6-13(7-9-15)11-20-18(22)12-21-16-5-3-2-4-14(16)10-17(21)19(23)24/h6-9,14,16-17H,2-5,10-12H2,1H3,(H,20,22)(H,23,24). The summed E-state index contributed by atoms with van der Waals surface area (Å²) >= 11 is 0. The van der Waals surface area contributed by atoms with Gasteiger partial charge >= 0.3 is 5.97 Å². The number of carbonyl (C=O) groups excluding carboxylic acids is 1. The smallest absolute Gasteiger partial charge is 0.320 e. The van der Waals surface area contributed by atoms with E-state index in [2.05, 4.69) is 5.32 Å². The van der Waals surface area contributed by atoms with E-state index in [1.54, 1.807) is 7.11 Å². The number of methoxy groups -OCH3 is 1. The summed E-state index contributed by atoms with van der Waals surface area (Å²) in [6, 6.07) is 7.24. The molecule has 1 aliphatic heterocycles. The van der Waals surface area contributed by atoms with Crippen molar-refractivity contribution in [2.24, 2.45) is 5.92 Å². The average molecular weight is 346 g/mol. The van der Waals surface area contributed by atoms with Crippen LogP contribution in [0.25, 0.3) is 0 Å². The van der Waals surface area contributed by atoms with Crippen LogP contribution in [0.1, 0.15) is 37.7 Å². The van der Waals surface area contributed by atoms with Gasteiger partial charge in [0.05, 0.1) is 13.7 Å². The Bertz CT molecular complexity index is 616. The van der Waals surface area contributed by atoms with Crippen LogP contribution in [0.3, 0.4) is 0 Å². The topological polar surface area (TPSA) is 78.9 Å². The average Bonchev–Trinajstić information content (AvgIpc) is 2.99. The molecule has 1 aromatic carbocycles. The third-order valence-corrected chi connectivity index (χ3v) is 5.48. The molecule has 0 aromatic heterocycles. The van der Waals surface area contributed by atoms with Gasteiger partial charge in [-0.15, -0.1) is 0 Å². The zero-order valence-corrected chi connectivity index (χ0v) is 14.6. The third kappa shape index (κ3) is 4.12. The number of hydrogen-bond donors (Lipinski definition) is 2. The Morgan fingerprint density at radius 2 is 1.96 bits per heavy atom. The fourth-order valence-electron chi connectivity index (χ4n) is 4.19. The van der Waals surface area contributed by atoms with E-state index in [-0.39, 0.29) is 18.5 Å². The number of carboxylic acid groups (broad SMARTS) is 1. The summed E-state index contributed by atoms with van der Waals surface area (Å²) in [5, 5.41) is 12.4. The number of rotatable bonds is 6. The monoisotopic (exact) mass is 346 g/mol. The lowest BCUT2D eigenvalue weighted by molar-refractivity contribution is -0.143. The Labute approximate surface area is 148 Å². The molecule has 1 heterocycles. The van der Waals surface area contributed by atoms with Gasteiger partial charge in [-0.25, -0.2) is 0 Å². The third-order valence-electron chi connectivity index (χ3n) is 5.48. The molecule has 3 atom stereocenters. The van der Waals surface area contributed by atoms with E-state index in [9.17, 15) is 14.7 Å². The highest BCUT2D eigenvalue weighted by atomic mass is 16.5. The minimum absolute atomic E-state index is 0.117. The second-order valence-corrected chi connectivity index (χ2v) is 7.00. The maximum absolute atomic E-state index is 12.4. The van der Waals surface area contributed by atoms with Gasteiger partial charge in [-0.2, -0.15) is 0 Å². The molecule has 2 N–H and O–H groups in total. The number of aliphatic carboxylic acids is 1. The minimum atomic E-state index is -0.808. The molecular weight excluding hydrogens is 320 g/mol. The first kappa shape index (κ1) is 17.7. The Kier molecular flexibility index (Phi) is 5.58. The zero-order valence-electron chi connectivity index (χ0n) is 14.6. The quantitative estimate of drug-likeness (QED) is 0.824. The molecule has 1 aromatic rings. The minimum Gasteiger partial charge on any atom is -0.497 e. The van der Waals surface area contributed by atoms with Crippen LogP contribution in [0.2, 0.25) is 0 Å². The summed E-state index contributed by atoms with van der Waals surface area (Å²) in [7, 11) is 1.62. The maximum atomic E-state index is 12.4. The second-order valence-electron chi connectivity index (χ2n) is 7.00. The van der Waals surface area contributed by atoms with Gasteiger partial charge < -0.3 is 15.2 Å². The molecule has 0 bridgehead atoms. The van der Waals surface area contributed by atoms with Crippen molar-refractivity contribution < 1.29 is 19.4 Å². The highest BCUT2D eigenvalue weighted by Crippen LogP contribution is 2.39. The molecule has 1 saturated heterocycles. The van der Waals surface area contributed by atoms with Crippen molar-refractivity contribution in [1.82, 2.24) is 10.2 Å². The van der Waals surface area contributed by atoms with Crippen molar-refractivity contribution in [2.75, 3.05) is 13.7 Å². The summed E-state index contributed by atoms with van der Waals surface area (Å²) < 4.78 is 5.12. The molecule has 0 radical (unpaired) electrons. The van der Waals surface area contributed by atoms with E-state index >= 15 is 0 Å². The Balaban J connectivity index is 1.57. The normalized spacial score (nSPS) is 26.0. The summed E-state index contributed by atoms with van der Waals surface area (Å²) in [4.78, 5) is 25.9.